The summed E-state index contributed by atoms with van der Waals surface area (Å²) in [5.41, 5.74) is 0.00800. The summed E-state index contributed by atoms with van der Waals surface area (Å²) in [6.45, 7) is 0. The van der Waals surface area contributed by atoms with Crippen LogP contribution in [0.15, 0.2) is 41.4 Å². The maximum absolute atomic E-state index is 13.4. The Morgan fingerprint density at radius 1 is 1.47 bits per heavy atom. The molecule has 0 aliphatic rings. The van der Waals surface area contributed by atoms with Crippen molar-refractivity contribution in [3.05, 3.63) is 52.8 Å². The Morgan fingerprint density at radius 3 is 2.89 bits per heavy atom. The lowest BCUT2D eigenvalue weighted by Crippen LogP contribution is -2.13. The fraction of sp³-hybridized carbons (Fsp3) is 0. The molecule has 0 aliphatic heterocycles. The number of nitrogens with zero attached hydrogens (tertiary/aromatic N) is 2. The minimum atomic E-state index is -0.610. The van der Waals surface area contributed by atoms with Crippen molar-refractivity contribution in [2.75, 3.05) is 5.32 Å². The molecule has 2 rings (SSSR count). The second-order valence-corrected chi connectivity index (χ2v) is 4.38. The molecule has 2 aromatic rings. The van der Waals surface area contributed by atoms with Crippen molar-refractivity contribution >= 4 is 28.5 Å². The van der Waals surface area contributed by atoms with Crippen molar-refractivity contribution in [2.24, 2.45) is 0 Å². The minimum Gasteiger partial charge on any atom is -0.297 e. The molecule has 94 valence electrons. The van der Waals surface area contributed by atoms with Gasteiger partial charge in [-0.05, 0) is 12.1 Å². The predicted octanol–water partition coefficient (Wildman–Crippen LogP) is 2.83. The van der Waals surface area contributed by atoms with E-state index in [0.717, 1.165) is 0 Å². The zero-order chi connectivity index (χ0) is 13.7. The molecule has 0 fully saturated rings. The molecule has 0 radical (unpaired) electrons. The van der Waals surface area contributed by atoms with Gasteiger partial charge >= 0.3 is 0 Å². The van der Waals surface area contributed by atoms with Crippen molar-refractivity contribution < 1.29 is 9.18 Å². The van der Waals surface area contributed by atoms with Gasteiger partial charge in [-0.1, -0.05) is 18.2 Å². The molecule has 0 saturated carbocycles. The first-order valence-electron chi connectivity index (χ1n) is 5.28. The van der Waals surface area contributed by atoms with E-state index < -0.39 is 11.7 Å². The van der Waals surface area contributed by atoms with E-state index in [1.165, 1.54) is 41.8 Å². The van der Waals surface area contributed by atoms with Crippen LogP contribution in [0.3, 0.4) is 0 Å². The van der Waals surface area contributed by atoms with E-state index in [1.807, 2.05) is 0 Å². The van der Waals surface area contributed by atoms with Crippen molar-refractivity contribution in [1.29, 1.82) is 5.26 Å². The summed E-state index contributed by atoms with van der Waals surface area (Å²) in [5, 5.41) is 13.5. The second-order valence-electron chi connectivity index (χ2n) is 3.48. The number of nitrogens with one attached hydrogen (secondary N) is 1. The Bertz CT molecular complexity index is 659. The highest BCUT2D eigenvalue weighted by atomic mass is 32.1. The number of thiazole rings is 1. The Hall–Kier alpha value is -2.52. The number of amides is 1. The van der Waals surface area contributed by atoms with Crippen LogP contribution in [0.5, 0.6) is 0 Å². The lowest BCUT2D eigenvalue weighted by Gasteiger charge is -2.00. The standard InChI is InChI=1S/C13H8FN3OS/c14-11-4-2-1-3-9(11)7-10(8-15)12(18)17-13-16-5-6-19-13/h1-7H,(H,16,17,18). The van der Waals surface area contributed by atoms with Crippen LogP contribution in [0.1, 0.15) is 5.56 Å². The Kier molecular flexibility index (Phi) is 4.00. The molecule has 0 aliphatic carbocycles. The number of halogens is 1. The van der Waals surface area contributed by atoms with Gasteiger partial charge in [0.25, 0.3) is 5.91 Å². The second kappa shape index (κ2) is 5.89. The van der Waals surface area contributed by atoms with Crippen LogP contribution in [0.4, 0.5) is 9.52 Å². The number of carbonyl (C=O) groups is 1. The fourth-order valence-corrected chi connectivity index (χ4v) is 1.87. The van der Waals surface area contributed by atoms with Crippen LogP contribution in [-0.4, -0.2) is 10.9 Å². The molecule has 4 nitrogen and oxygen atoms in total. The third-order valence-corrected chi connectivity index (χ3v) is 2.91. The van der Waals surface area contributed by atoms with Crippen LogP contribution in [0, 0.1) is 17.1 Å². The fourth-order valence-electron chi connectivity index (χ4n) is 1.35. The Morgan fingerprint density at radius 2 is 2.26 bits per heavy atom. The molecule has 1 aromatic heterocycles. The first kappa shape index (κ1) is 12.9. The topological polar surface area (TPSA) is 65.8 Å². The van der Waals surface area contributed by atoms with E-state index >= 15 is 0 Å². The molecule has 1 amide bonds. The molecule has 0 atom stereocenters. The highest BCUT2D eigenvalue weighted by Crippen LogP contribution is 2.14. The van der Waals surface area contributed by atoms with E-state index in [9.17, 15) is 9.18 Å². The normalized spacial score (nSPS) is 10.8. The van der Waals surface area contributed by atoms with Gasteiger partial charge in [-0.2, -0.15) is 5.26 Å². The van der Waals surface area contributed by atoms with E-state index in [4.69, 9.17) is 5.26 Å². The number of rotatable bonds is 3. The molecule has 0 saturated heterocycles. The van der Waals surface area contributed by atoms with Crippen molar-refractivity contribution in [1.82, 2.24) is 4.98 Å². The molecule has 0 spiro atoms. The minimum absolute atomic E-state index is 0.180. The summed E-state index contributed by atoms with van der Waals surface area (Å²) in [4.78, 5) is 15.7. The summed E-state index contributed by atoms with van der Waals surface area (Å²) in [6.07, 6.45) is 2.74. The first-order valence-corrected chi connectivity index (χ1v) is 6.16. The summed E-state index contributed by atoms with van der Waals surface area (Å²) < 4.78 is 13.4. The van der Waals surface area contributed by atoms with Crippen molar-refractivity contribution in [2.45, 2.75) is 0 Å². The van der Waals surface area contributed by atoms with Crippen LogP contribution in [0.25, 0.3) is 6.08 Å². The number of benzene rings is 1. The molecule has 6 heteroatoms. The Labute approximate surface area is 112 Å². The molecular weight excluding hydrogens is 265 g/mol. The van der Waals surface area contributed by atoms with E-state index in [2.05, 4.69) is 10.3 Å². The first-order chi connectivity index (χ1) is 9.20. The summed E-state index contributed by atoms with van der Waals surface area (Å²) in [7, 11) is 0. The molecule has 1 N–H and O–H groups in total. The van der Waals surface area contributed by atoms with Crippen molar-refractivity contribution in [3.63, 3.8) is 0 Å². The Balaban J connectivity index is 2.23. The van der Waals surface area contributed by atoms with Crippen LogP contribution in [-0.2, 0) is 4.79 Å². The molecule has 0 unspecified atom stereocenters. The molecule has 1 heterocycles. The van der Waals surface area contributed by atoms with Crippen LogP contribution in [0.2, 0.25) is 0 Å². The number of aromatic nitrogens is 1. The van der Waals surface area contributed by atoms with Gasteiger partial charge in [0.2, 0.25) is 0 Å². The monoisotopic (exact) mass is 273 g/mol. The average Bonchev–Trinajstić information content (AvgIpc) is 2.90. The van der Waals surface area contributed by atoms with Gasteiger partial charge in [-0.15, -0.1) is 11.3 Å². The zero-order valence-electron chi connectivity index (χ0n) is 9.63. The van der Waals surface area contributed by atoms with Gasteiger partial charge in [0, 0.05) is 17.1 Å². The molecule has 0 bridgehead atoms. The van der Waals surface area contributed by atoms with Crippen LogP contribution >= 0.6 is 11.3 Å². The number of hydrogen-bond acceptors (Lipinski definition) is 4. The predicted molar refractivity (Wildman–Crippen MR) is 70.7 cm³/mol. The quantitative estimate of drug-likeness (QED) is 0.690. The number of carbonyl (C=O) groups excluding carboxylic acids is 1. The van der Waals surface area contributed by atoms with Gasteiger partial charge < -0.3 is 0 Å². The highest BCUT2D eigenvalue weighted by Gasteiger charge is 2.11. The number of anilines is 1. The maximum atomic E-state index is 13.4. The van der Waals surface area contributed by atoms with Gasteiger partial charge in [0.15, 0.2) is 5.13 Å². The van der Waals surface area contributed by atoms with Gasteiger partial charge in [-0.3, -0.25) is 10.1 Å². The third-order valence-electron chi connectivity index (χ3n) is 2.22. The highest BCUT2D eigenvalue weighted by molar-refractivity contribution is 7.13. The van der Waals surface area contributed by atoms with E-state index in [-0.39, 0.29) is 11.1 Å². The number of nitriles is 1. The lowest BCUT2D eigenvalue weighted by molar-refractivity contribution is -0.112. The number of hydrogen-bond donors (Lipinski definition) is 1. The third kappa shape index (κ3) is 3.24. The van der Waals surface area contributed by atoms with E-state index in [1.54, 1.807) is 17.5 Å². The summed E-state index contributed by atoms with van der Waals surface area (Å²) in [5.74, 6) is -1.10. The maximum Gasteiger partial charge on any atom is 0.268 e. The van der Waals surface area contributed by atoms with Crippen LogP contribution < -0.4 is 5.32 Å². The van der Waals surface area contributed by atoms with Gasteiger partial charge in [0.1, 0.15) is 17.5 Å². The van der Waals surface area contributed by atoms with E-state index in [0.29, 0.717) is 5.13 Å². The largest absolute Gasteiger partial charge is 0.297 e. The average molecular weight is 273 g/mol. The molecule has 19 heavy (non-hydrogen) atoms. The lowest BCUT2D eigenvalue weighted by atomic mass is 10.1. The van der Waals surface area contributed by atoms with Gasteiger partial charge in [-0.25, -0.2) is 9.37 Å². The van der Waals surface area contributed by atoms with Crippen molar-refractivity contribution in [3.8, 4) is 6.07 Å². The smallest absolute Gasteiger partial charge is 0.268 e. The zero-order valence-corrected chi connectivity index (χ0v) is 10.4. The SMILES string of the molecule is N#CC(=Cc1ccccc1F)C(=O)Nc1nccs1. The molecule has 1 aromatic carbocycles. The summed E-state index contributed by atoms with van der Waals surface area (Å²) >= 11 is 1.23. The van der Waals surface area contributed by atoms with Gasteiger partial charge in [0.05, 0.1) is 0 Å². The summed E-state index contributed by atoms with van der Waals surface area (Å²) in [6, 6.07) is 7.67. The molecular formula is C13H8FN3OS.